The summed E-state index contributed by atoms with van der Waals surface area (Å²) in [6.07, 6.45) is 0. The number of hydrogen-bond acceptors (Lipinski definition) is 2. The molecule has 2 rings (SSSR count). The zero-order valence-corrected chi connectivity index (χ0v) is 12.5. The summed E-state index contributed by atoms with van der Waals surface area (Å²) in [5, 5.41) is 11.0. The van der Waals surface area contributed by atoms with Crippen molar-refractivity contribution in [1.29, 1.82) is 0 Å². The lowest BCUT2D eigenvalue weighted by Crippen LogP contribution is -2.10. The first-order chi connectivity index (χ1) is 8.80. The van der Waals surface area contributed by atoms with E-state index < -0.39 is 5.97 Å². The Hall–Kier alpha value is -1.61. The molecule has 0 fully saturated rings. The van der Waals surface area contributed by atoms with Crippen LogP contribution in [0.15, 0.2) is 29.6 Å². The minimum Gasteiger partial charge on any atom is -0.477 e. The predicted molar refractivity (Wildman–Crippen MR) is 80.2 cm³/mol. The Morgan fingerprint density at radius 2 is 1.74 bits per heavy atom. The number of benzene rings is 1. The van der Waals surface area contributed by atoms with Crippen LogP contribution in [0.25, 0.3) is 11.1 Å². The molecule has 0 aliphatic heterocycles. The highest BCUT2D eigenvalue weighted by Gasteiger charge is 2.16. The van der Waals surface area contributed by atoms with Crippen molar-refractivity contribution in [3.8, 4) is 11.1 Å². The molecule has 0 atom stereocenters. The third kappa shape index (κ3) is 2.71. The van der Waals surface area contributed by atoms with Crippen molar-refractivity contribution >= 4 is 17.3 Å². The topological polar surface area (TPSA) is 37.3 Å². The minimum absolute atomic E-state index is 0.133. The third-order valence-corrected chi connectivity index (χ3v) is 4.37. The highest BCUT2D eigenvalue weighted by atomic mass is 32.1. The van der Waals surface area contributed by atoms with Crippen LogP contribution in [-0.2, 0) is 5.41 Å². The lowest BCUT2D eigenvalue weighted by molar-refractivity contribution is 0.0701. The molecule has 100 valence electrons. The summed E-state index contributed by atoms with van der Waals surface area (Å²) in [4.78, 5) is 11.5. The van der Waals surface area contributed by atoms with Crippen molar-refractivity contribution in [2.75, 3.05) is 0 Å². The second-order valence-electron chi connectivity index (χ2n) is 5.74. The Morgan fingerprint density at radius 1 is 1.16 bits per heavy atom. The fraction of sp³-hybridized carbons (Fsp3) is 0.312. The van der Waals surface area contributed by atoms with Crippen molar-refractivity contribution in [3.63, 3.8) is 0 Å². The molecule has 0 saturated heterocycles. The van der Waals surface area contributed by atoms with Gasteiger partial charge in [0.25, 0.3) is 0 Å². The van der Waals surface area contributed by atoms with Gasteiger partial charge >= 0.3 is 5.97 Å². The van der Waals surface area contributed by atoms with Gasteiger partial charge in [0.05, 0.1) is 0 Å². The van der Waals surface area contributed by atoms with Gasteiger partial charge in [0.1, 0.15) is 4.88 Å². The Labute approximate surface area is 117 Å². The van der Waals surface area contributed by atoms with E-state index in [-0.39, 0.29) is 5.41 Å². The van der Waals surface area contributed by atoms with Gasteiger partial charge in [-0.05, 0) is 40.0 Å². The zero-order chi connectivity index (χ0) is 14.2. The molecule has 1 heterocycles. The molecule has 0 unspecified atom stereocenters. The average Bonchev–Trinajstić information content (AvgIpc) is 2.70. The van der Waals surface area contributed by atoms with Gasteiger partial charge in [-0.15, -0.1) is 11.3 Å². The highest BCUT2D eigenvalue weighted by Crippen LogP contribution is 2.32. The number of rotatable bonds is 2. The molecule has 0 spiro atoms. The second kappa shape index (κ2) is 4.82. The van der Waals surface area contributed by atoms with Crippen molar-refractivity contribution in [2.45, 2.75) is 33.1 Å². The van der Waals surface area contributed by atoms with Crippen LogP contribution in [0.5, 0.6) is 0 Å². The van der Waals surface area contributed by atoms with Crippen LogP contribution in [0.1, 0.15) is 41.6 Å². The SMILES string of the molecule is Cc1c(-c2ccc(C(C)(C)C)cc2)csc1C(=O)O. The largest absolute Gasteiger partial charge is 0.477 e. The first-order valence-corrected chi connectivity index (χ1v) is 7.11. The van der Waals surface area contributed by atoms with Crippen LogP contribution < -0.4 is 0 Å². The van der Waals surface area contributed by atoms with Crippen LogP contribution in [0.3, 0.4) is 0 Å². The van der Waals surface area contributed by atoms with Crippen LogP contribution in [-0.4, -0.2) is 11.1 Å². The number of carboxylic acid groups (broad SMARTS) is 1. The molecule has 1 aromatic heterocycles. The molecule has 0 saturated carbocycles. The smallest absolute Gasteiger partial charge is 0.346 e. The van der Waals surface area contributed by atoms with Gasteiger partial charge in [-0.2, -0.15) is 0 Å². The second-order valence-corrected chi connectivity index (χ2v) is 6.62. The Morgan fingerprint density at radius 3 is 2.16 bits per heavy atom. The summed E-state index contributed by atoms with van der Waals surface area (Å²) in [6.45, 7) is 8.41. The van der Waals surface area contributed by atoms with E-state index in [2.05, 4.69) is 45.0 Å². The van der Waals surface area contributed by atoms with Crippen LogP contribution >= 0.6 is 11.3 Å². The van der Waals surface area contributed by atoms with Crippen molar-refractivity contribution in [3.05, 3.63) is 45.6 Å². The fourth-order valence-corrected chi connectivity index (χ4v) is 3.00. The van der Waals surface area contributed by atoms with Gasteiger partial charge in [0.15, 0.2) is 0 Å². The number of hydrogen-bond donors (Lipinski definition) is 1. The Bertz CT molecular complexity index is 601. The van der Waals surface area contributed by atoms with E-state index in [9.17, 15) is 4.79 Å². The fourth-order valence-electron chi connectivity index (χ4n) is 2.06. The van der Waals surface area contributed by atoms with Gasteiger partial charge in [0.2, 0.25) is 0 Å². The number of carbonyl (C=O) groups is 1. The predicted octanol–water partition coefficient (Wildman–Crippen LogP) is 4.72. The first-order valence-electron chi connectivity index (χ1n) is 6.23. The molecule has 2 nitrogen and oxygen atoms in total. The van der Waals surface area contributed by atoms with Crippen molar-refractivity contribution in [2.24, 2.45) is 0 Å². The maximum Gasteiger partial charge on any atom is 0.346 e. The van der Waals surface area contributed by atoms with E-state index in [0.717, 1.165) is 16.7 Å². The first kappa shape index (κ1) is 13.8. The molecule has 3 heteroatoms. The van der Waals surface area contributed by atoms with Crippen LogP contribution in [0, 0.1) is 6.92 Å². The van der Waals surface area contributed by atoms with E-state index in [1.807, 2.05) is 12.3 Å². The molecule has 0 radical (unpaired) electrons. The highest BCUT2D eigenvalue weighted by molar-refractivity contribution is 7.12. The summed E-state index contributed by atoms with van der Waals surface area (Å²) < 4.78 is 0. The van der Waals surface area contributed by atoms with Gasteiger partial charge in [0, 0.05) is 0 Å². The lowest BCUT2D eigenvalue weighted by Gasteiger charge is -2.19. The Balaban J connectivity index is 2.41. The van der Waals surface area contributed by atoms with Gasteiger partial charge in [-0.25, -0.2) is 4.79 Å². The molecule has 1 N–H and O–H groups in total. The number of aromatic carboxylic acids is 1. The molecule has 1 aromatic carbocycles. The molecule has 0 aliphatic carbocycles. The lowest BCUT2D eigenvalue weighted by atomic mass is 9.86. The van der Waals surface area contributed by atoms with Gasteiger partial charge < -0.3 is 5.11 Å². The molecule has 0 amide bonds. The molecule has 0 aliphatic rings. The summed E-state index contributed by atoms with van der Waals surface area (Å²) in [5.74, 6) is -0.847. The van der Waals surface area contributed by atoms with Crippen molar-refractivity contribution < 1.29 is 9.90 Å². The Kier molecular flexibility index (Phi) is 3.50. The molecular formula is C16H18O2S. The van der Waals surface area contributed by atoms with Crippen molar-refractivity contribution in [1.82, 2.24) is 0 Å². The maximum atomic E-state index is 11.1. The summed E-state index contributed by atoms with van der Waals surface area (Å²) >= 11 is 1.29. The summed E-state index contributed by atoms with van der Waals surface area (Å²) in [5.41, 5.74) is 4.36. The normalized spacial score (nSPS) is 11.6. The van der Waals surface area contributed by atoms with E-state index >= 15 is 0 Å². The zero-order valence-electron chi connectivity index (χ0n) is 11.7. The third-order valence-electron chi connectivity index (χ3n) is 3.30. The summed E-state index contributed by atoms with van der Waals surface area (Å²) in [7, 11) is 0. The molecular weight excluding hydrogens is 256 g/mol. The number of carboxylic acids is 1. The van der Waals surface area contributed by atoms with E-state index in [4.69, 9.17) is 5.11 Å². The minimum atomic E-state index is -0.847. The van der Waals surface area contributed by atoms with E-state index in [1.165, 1.54) is 16.9 Å². The molecule has 2 aromatic rings. The quantitative estimate of drug-likeness (QED) is 0.860. The average molecular weight is 274 g/mol. The van der Waals surface area contributed by atoms with E-state index in [0.29, 0.717) is 4.88 Å². The van der Waals surface area contributed by atoms with Gasteiger partial charge in [-0.3, -0.25) is 0 Å². The standard InChI is InChI=1S/C16H18O2S/c1-10-13(9-19-14(10)15(17)18)11-5-7-12(8-6-11)16(2,3)4/h5-9H,1-4H3,(H,17,18). The van der Waals surface area contributed by atoms with Crippen LogP contribution in [0.2, 0.25) is 0 Å². The molecule has 0 bridgehead atoms. The maximum absolute atomic E-state index is 11.1. The number of thiophene rings is 1. The summed E-state index contributed by atoms with van der Waals surface area (Å²) in [6, 6.07) is 8.38. The van der Waals surface area contributed by atoms with E-state index in [1.54, 1.807) is 0 Å². The molecule has 19 heavy (non-hydrogen) atoms. The monoisotopic (exact) mass is 274 g/mol. The van der Waals surface area contributed by atoms with Gasteiger partial charge in [-0.1, -0.05) is 45.0 Å². The van der Waals surface area contributed by atoms with Crippen LogP contribution in [0.4, 0.5) is 0 Å².